The smallest absolute Gasteiger partial charge is 0.162 e. The van der Waals surface area contributed by atoms with Crippen LogP contribution < -0.4 is 4.74 Å². The SMILES string of the molecule is COc1ccc(-c2nc3cc(Br)cn(Cc4ccccc4)c-3n2)cc1. The van der Waals surface area contributed by atoms with Gasteiger partial charge >= 0.3 is 0 Å². The zero-order chi connectivity index (χ0) is 17.2. The van der Waals surface area contributed by atoms with Gasteiger partial charge in [0.25, 0.3) is 0 Å². The maximum atomic E-state index is 5.21. The summed E-state index contributed by atoms with van der Waals surface area (Å²) in [4.78, 5) is 9.46. The highest BCUT2D eigenvalue weighted by atomic mass is 79.9. The Morgan fingerprint density at radius 3 is 2.48 bits per heavy atom. The molecule has 0 aliphatic carbocycles. The monoisotopic (exact) mass is 393 g/mol. The van der Waals surface area contributed by atoms with Crippen LogP contribution >= 0.6 is 15.9 Å². The Labute approximate surface area is 154 Å². The lowest BCUT2D eigenvalue weighted by Crippen LogP contribution is -2.05. The summed E-state index contributed by atoms with van der Waals surface area (Å²) in [5, 5.41) is 0. The second-order valence-electron chi connectivity index (χ2n) is 5.76. The number of hydrogen-bond donors (Lipinski definition) is 0. The van der Waals surface area contributed by atoms with E-state index in [1.54, 1.807) is 7.11 Å². The van der Waals surface area contributed by atoms with Crippen molar-refractivity contribution < 1.29 is 4.74 Å². The van der Waals surface area contributed by atoms with Gasteiger partial charge in [0.1, 0.15) is 11.4 Å². The Bertz CT molecular complexity index is 964. The Morgan fingerprint density at radius 2 is 1.76 bits per heavy atom. The summed E-state index contributed by atoms with van der Waals surface area (Å²) >= 11 is 3.58. The molecule has 25 heavy (non-hydrogen) atoms. The van der Waals surface area contributed by atoms with E-state index in [1.807, 2.05) is 54.7 Å². The van der Waals surface area contributed by atoms with Crippen molar-refractivity contribution in [2.45, 2.75) is 6.54 Å². The van der Waals surface area contributed by atoms with Gasteiger partial charge in [-0.2, -0.15) is 0 Å². The molecule has 2 aromatic rings. The third kappa shape index (κ3) is 3.28. The number of fused-ring (bicyclic) bond motifs is 1. The topological polar surface area (TPSA) is 39.9 Å². The number of halogens is 1. The lowest BCUT2D eigenvalue weighted by Gasteiger charge is -2.11. The highest BCUT2D eigenvalue weighted by molar-refractivity contribution is 9.10. The summed E-state index contributed by atoms with van der Waals surface area (Å²) in [6, 6.07) is 20.1. The number of rotatable bonds is 4. The molecule has 0 saturated heterocycles. The molecule has 0 radical (unpaired) electrons. The van der Waals surface area contributed by atoms with Gasteiger partial charge in [0.2, 0.25) is 0 Å². The van der Waals surface area contributed by atoms with Crippen molar-refractivity contribution in [3.63, 3.8) is 0 Å². The summed E-state index contributed by atoms with van der Waals surface area (Å²) in [7, 11) is 1.66. The van der Waals surface area contributed by atoms with Crippen LogP contribution in [0.2, 0.25) is 0 Å². The van der Waals surface area contributed by atoms with Crippen LogP contribution in [0.5, 0.6) is 5.75 Å². The van der Waals surface area contributed by atoms with Crippen molar-refractivity contribution in [3.05, 3.63) is 76.9 Å². The minimum atomic E-state index is 0.720. The molecule has 4 rings (SSSR count). The molecule has 2 heterocycles. The van der Waals surface area contributed by atoms with Crippen LogP contribution in [-0.2, 0) is 6.54 Å². The van der Waals surface area contributed by atoms with Gasteiger partial charge in [-0.25, -0.2) is 9.97 Å². The van der Waals surface area contributed by atoms with Crippen LogP contribution in [-0.4, -0.2) is 21.6 Å². The number of nitrogens with zero attached hydrogens (tertiary/aromatic N) is 3. The fourth-order valence-corrected chi connectivity index (χ4v) is 3.27. The van der Waals surface area contributed by atoms with Gasteiger partial charge in [-0.3, -0.25) is 0 Å². The van der Waals surface area contributed by atoms with E-state index in [9.17, 15) is 0 Å². The molecule has 124 valence electrons. The number of imidazole rings is 1. The molecular formula is C20H16BrN3O. The van der Waals surface area contributed by atoms with Gasteiger partial charge in [-0.15, -0.1) is 0 Å². The van der Waals surface area contributed by atoms with Crippen molar-refractivity contribution >= 4 is 15.9 Å². The summed E-state index contributed by atoms with van der Waals surface area (Å²) in [6.45, 7) is 0.748. The van der Waals surface area contributed by atoms with Gasteiger partial charge in [0.05, 0.1) is 7.11 Å². The van der Waals surface area contributed by atoms with E-state index in [0.29, 0.717) is 0 Å². The number of pyridine rings is 1. The number of ether oxygens (including phenoxy) is 1. The molecule has 0 aromatic heterocycles. The van der Waals surface area contributed by atoms with Gasteiger partial charge < -0.3 is 9.30 Å². The molecule has 0 N–H and O–H groups in total. The summed E-state index contributed by atoms with van der Waals surface area (Å²) in [6.07, 6.45) is 2.04. The summed E-state index contributed by atoms with van der Waals surface area (Å²) in [5.74, 6) is 2.41. The number of benzene rings is 2. The molecular weight excluding hydrogens is 378 g/mol. The van der Waals surface area contributed by atoms with E-state index < -0.39 is 0 Å². The van der Waals surface area contributed by atoms with Gasteiger partial charge in [-0.05, 0) is 51.8 Å². The lowest BCUT2D eigenvalue weighted by atomic mass is 10.2. The predicted octanol–water partition coefficient (Wildman–Crippen LogP) is 4.87. The van der Waals surface area contributed by atoms with Crippen LogP contribution in [0.3, 0.4) is 0 Å². The average Bonchev–Trinajstić information content (AvgIpc) is 3.07. The van der Waals surface area contributed by atoms with Crippen LogP contribution in [0.4, 0.5) is 0 Å². The van der Waals surface area contributed by atoms with E-state index in [0.717, 1.165) is 39.7 Å². The first-order chi connectivity index (χ1) is 12.2. The molecule has 0 bridgehead atoms. The molecule has 0 atom stereocenters. The highest BCUT2D eigenvalue weighted by Gasteiger charge is 2.17. The maximum absolute atomic E-state index is 5.21. The van der Waals surface area contributed by atoms with Crippen molar-refractivity contribution in [2.75, 3.05) is 7.11 Å². The molecule has 0 saturated carbocycles. The quantitative estimate of drug-likeness (QED) is 0.496. The average molecular weight is 394 g/mol. The Morgan fingerprint density at radius 1 is 1.00 bits per heavy atom. The first-order valence-electron chi connectivity index (χ1n) is 7.95. The van der Waals surface area contributed by atoms with Crippen molar-refractivity contribution in [2.24, 2.45) is 0 Å². The van der Waals surface area contributed by atoms with Crippen molar-refractivity contribution in [3.8, 4) is 28.7 Å². The van der Waals surface area contributed by atoms with Crippen molar-refractivity contribution in [1.29, 1.82) is 0 Å². The van der Waals surface area contributed by atoms with E-state index in [4.69, 9.17) is 14.7 Å². The second-order valence-corrected chi connectivity index (χ2v) is 6.67. The van der Waals surface area contributed by atoms with Crippen LogP contribution in [0, 0.1) is 0 Å². The van der Waals surface area contributed by atoms with Gasteiger partial charge in [-0.1, -0.05) is 30.3 Å². The first kappa shape index (κ1) is 15.8. The Balaban J connectivity index is 1.76. The van der Waals surface area contributed by atoms with Crippen molar-refractivity contribution in [1.82, 2.24) is 14.5 Å². The zero-order valence-electron chi connectivity index (χ0n) is 13.7. The highest BCUT2D eigenvalue weighted by Crippen LogP contribution is 2.29. The third-order valence-electron chi connectivity index (χ3n) is 4.04. The van der Waals surface area contributed by atoms with Crippen LogP contribution in [0.25, 0.3) is 22.9 Å². The molecule has 0 unspecified atom stereocenters. The third-order valence-corrected chi connectivity index (χ3v) is 4.47. The fraction of sp³-hybridized carbons (Fsp3) is 0.100. The van der Waals surface area contributed by atoms with E-state index in [1.165, 1.54) is 5.56 Å². The molecule has 2 aliphatic rings. The largest absolute Gasteiger partial charge is 0.497 e. The minimum Gasteiger partial charge on any atom is -0.497 e. The summed E-state index contributed by atoms with van der Waals surface area (Å²) in [5.41, 5.74) is 3.07. The molecule has 0 fully saturated rings. The predicted molar refractivity (Wildman–Crippen MR) is 102 cm³/mol. The van der Waals surface area contributed by atoms with Gasteiger partial charge in [0, 0.05) is 22.8 Å². The minimum absolute atomic E-state index is 0.720. The molecule has 0 amide bonds. The van der Waals surface area contributed by atoms with E-state index in [2.05, 4.69) is 32.6 Å². The summed E-state index contributed by atoms with van der Waals surface area (Å²) < 4.78 is 8.32. The Kier molecular flexibility index (Phi) is 4.24. The maximum Gasteiger partial charge on any atom is 0.162 e. The first-order valence-corrected chi connectivity index (χ1v) is 8.74. The molecule has 2 aliphatic heterocycles. The fourth-order valence-electron chi connectivity index (χ4n) is 2.80. The number of methoxy groups -OCH3 is 1. The second kappa shape index (κ2) is 6.69. The standard InChI is InChI=1S/C20H16BrN3O/c1-25-17-9-7-15(8-10-17)19-22-18-11-16(21)13-24(20(18)23-19)12-14-5-3-2-4-6-14/h2-11,13H,12H2,1H3. The molecule has 2 aromatic carbocycles. The van der Waals surface area contributed by atoms with Crippen LogP contribution in [0.15, 0.2) is 71.3 Å². The van der Waals surface area contributed by atoms with Crippen LogP contribution in [0.1, 0.15) is 5.56 Å². The molecule has 5 heteroatoms. The van der Waals surface area contributed by atoms with Gasteiger partial charge in [0.15, 0.2) is 11.6 Å². The normalized spacial score (nSPS) is 11.0. The number of aromatic nitrogens is 3. The molecule has 0 spiro atoms. The van der Waals surface area contributed by atoms with E-state index >= 15 is 0 Å². The number of hydrogen-bond acceptors (Lipinski definition) is 3. The van der Waals surface area contributed by atoms with E-state index in [-0.39, 0.29) is 0 Å². The zero-order valence-corrected chi connectivity index (χ0v) is 15.3. The Hall–Kier alpha value is -2.66. The molecule has 4 nitrogen and oxygen atoms in total. The lowest BCUT2D eigenvalue weighted by molar-refractivity contribution is 0.415.